The Morgan fingerprint density at radius 3 is 1.30 bits per heavy atom. The molecule has 0 atom stereocenters. The Hall–Kier alpha value is 0.440. The van der Waals surface area contributed by atoms with Crippen molar-refractivity contribution in [2.24, 2.45) is 11.8 Å². The van der Waals surface area contributed by atoms with Crippen LogP contribution in [0.5, 0.6) is 0 Å². The Bertz CT molecular complexity index is 170. The smallest absolute Gasteiger partial charge is 0.0459 e. The molecule has 2 fully saturated rings. The van der Waals surface area contributed by atoms with Crippen LogP contribution in [0.15, 0.2) is 0 Å². The van der Waals surface area contributed by atoms with Crippen LogP contribution in [-0.4, -0.2) is 17.0 Å². The SMILES string of the molecule is BrCC1CCCCCCC1.OCC1CCCCCCC1. The number of alkyl halides is 1. The first-order valence-electron chi connectivity index (χ1n) is 9.03. The van der Waals surface area contributed by atoms with Crippen molar-refractivity contribution in [2.75, 3.05) is 11.9 Å². The van der Waals surface area contributed by atoms with Crippen molar-refractivity contribution >= 4 is 15.9 Å². The molecule has 0 unspecified atom stereocenters. The predicted octanol–water partition coefficient (Wildman–Crippen LogP) is 6.08. The molecule has 1 N–H and O–H groups in total. The van der Waals surface area contributed by atoms with Crippen LogP contribution >= 0.6 is 15.9 Å². The summed E-state index contributed by atoms with van der Waals surface area (Å²) in [5.41, 5.74) is 0. The summed E-state index contributed by atoms with van der Waals surface area (Å²) >= 11 is 3.57. The van der Waals surface area contributed by atoms with Gasteiger partial charge in [-0.25, -0.2) is 0 Å². The predicted molar refractivity (Wildman–Crippen MR) is 92.5 cm³/mol. The minimum absolute atomic E-state index is 0.417. The second-order valence-electron chi connectivity index (χ2n) is 6.76. The number of hydrogen-bond acceptors (Lipinski definition) is 1. The molecule has 1 nitrogen and oxygen atoms in total. The quantitative estimate of drug-likeness (QED) is 0.600. The third kappa shape index (κ3) is 9.39. The first-order chi connectivity index (χ1) is 9.86. The van der Waals surface area contributed by atoms with E-state index >= 15 is 0 Å². The third-order valence-corrected chi connectivity index (χ3v) is 5.84. The molecule has 0 amide bonds. The van der Waals surface area contributed by atoms with Gasteiger partial charge in [-0.05, 0) is 37.5 Å². The van der Waals surface area contributed by atoms with E-state index in [0.717, 1.165) is 5.92 Å². The van der Waals surface area contributed by atoms with E-state index in [4.69, 9.17) is 5.11 Å². The van der Waals surface area contributed by atoms with Crippen LogP contribution in [0, 0.1) is 11.8 Å². The van der Waals surface area contributed by atoms with E-state index in [1.807, 2.05) is 0 Å². The number of aliphatic hydroxyl groups excluding tert-OH is 1. The van der Waals surface area contributed by atoms with Gasteiger partial charge in [-0.2, -0.15) is 0 Å². The van der Waals surface area contributed by atoms with Gasteiger partial charge in [0.2, 0.25) is 0 Å². The summed E-state index contributed by atoms with van der Waals surface area (Å²) in [5, 5.41) is 10.1. The Morgan fingerprint density at radius 2 is 0.950 bits per heavy atom. The molecule has 20 heavy (non-hydrogen) atoms. The van der Waals surface area contributed by atoms with E-state index in [1.165, 1.54) is 95.2 Å². The van der Waals surface area contributed by atoms with Crippen LogP contribution in [0.2, 0.25) is 0 Å². The van der Waals surface area contributed by atoms with E-state index in [2.05, 4.69) is 15.9 Å². The lowest BCUT2D eigenvalue weighted by Crippen LogP contribution is -2.07. The van der Waals surface area contributed by atoms with Crippen LogP contribution in [0.1, 0.15) is 89.9 Å². The zero-order valence-corrected chi connectivity index (χ0v) is 14.9. The zero-order chi connectivity index (χ0) is 14.5. The van der Waals surface area contributed by atoms with Crippen LogP contribution in [0.4, 0.5) is 0 Å². The largest absolute Gasteiger partial charge is 0.396 e. The lowest BCUT2D eigenvalue weighted by molar-refractivity contribution is 0.199. The molecular formula is C18H35BrO. The highest BCUT2D eigenvalue weighted by atomic mass is 79.9. The van der Waals surface area contributed by atoms with Gasteiger partial charge in [-0.15, -0.1) is 0 Å². The molecule has 0 aliphatic heterocycles. The molecular weight excluding hydrogens is 312 g/mol. The summed E-state index contributed by atoms with van der Waals surface area (Å²) in [6.07, 6.45) is 19.7. The standard InChI is InChI=1S/C9H17Br.C9H18O/c2*10-8-9-6-4-2-1-3-5-7-9/h9H,1-8H2;9-10H,1-8H2. The summed E-state index contributed by atoms with van der Waals surface area (Å²) in [4.78, 5) is 0. The van der Waals surface area contributed by atoms with Gasteiger partial charge in [0, 0.05) is 11.9 Å². The minimum Gasteiger partial charge on any atom is -0.396 e. The number of halogens is 1. The molecule has 2 rings (SSSR count). The molecule has 0 aromatic rings. The molecule has 0 spiro atoms. The average Bonchev–Trinajstić information content (AvgIpc) is 2.39. The van der Waals surface area contributed by atoms with Crippen molar-refractivity contribution < 1.29 is 5.11 Å². The maximum Gasteiger partial charge on any atom is 0.0459 e. The normalized spacial score (nSPS) is 23.7. The lowest BCUT2D eigenvalue weighted by Gasteiger charge is -2.16. The Kier molecular flexibility index (Phi) is 12.1. The summed E-state index contributed by atoms with van der Waals surface area (Å²) in [7, 11) is 0. The summed E-state index contributed by atoms with van der Waals surface area (Å²) in [6.45, 7) is 0.417. The summed E-state index contributed by atoms with van der Waals surface area (Å²) in [5.74, 6) is 1.61. The van der Waals surface area contributed by atoms with Crippen molar-refractivity contribution in [2.45, 2.75) is 89.9 Å². The number of rotatable bonds is 2. The van der Waals surface area contributed by atoms with Crippen molar-refractivity contribution in [3.63, 3.8) is 0 Å². The molecule has 120 valence electrons. The molecule has 0 bridgehead atoms. The van der Waals surface area contributed by atoms with Gasteiger partial charge in [0.25, 0.3) is 0 Å². The molecule has 0 heterocycles. The fourth-order valence-electron chi connectivity index (χ4n) is 3.42. The van der Waals surface area contributed by atoms with Crippen LogP contribution in [0.25, 0.3) is 0 Å². The summed E-state index contributed by atoms with van der Waals surface area (Å²) in [6, 6.07) is 0. The van der Waals surface area contributed by atoms with Gasteiger partial charge in [0.15, 0.2) is 0 Å². The Morgan fingerprint density at radius 1 is 0.600 bits per heavy atom. The third-order valence-electron chi connectivity index (χ3n) is 4.93. The minimum atomic E-state index is 0.417. The molecule has 0 saturated heterocycles. The molecule has 0 aromatic carbocycles. The molecule has 2 aliphatic rings. The van der Waals surface area contributed by atoms with Gasteiger partial charge in [0.05, 0.1) is 0 Å². The first-order valence-corrected chi connectivity index (χ1v) is 10.2. The second-order valence-corrected chi connectivity index (χ2v) is 7.41. The van der Waals surface area contributed by atoms with E-state index in [-0.39, 0.29) is 0 Å². The Labute approximate surface area is 135 Å². The van der Waals surface area contributed by atoms with Crippen molar-refractivity contribution in [3.8, 4) is 0 Å². The van der Waals surface area contributed by atoms with Gasteiger partial charge in [-0.1, -0.05) is 80.1 Å². The molecule has 2 aliphatic carbocycles. The van der Waals surface area contributed by atoms with Crippen molar-refractivity contribution in [1.82, 2.24) is 0 Å². The van der Waals surface area contributed by atoms with Gasteiger partial charge >= 0.3 is 0 Å². The topological polar surface area (TPSA) is 20.2 Å². The van der Waals surface area contributed by atoms with Gasteiger partial charge in [0.1, 0.15) is 0 Å². The monoisotopic (exact) mass is 346 g/mol. The van der Waals surface area contributed by atoms with Gasteiger partial charge in [-0.3, -0.25) is 0 Å². The average molecular weight is 347 g/mol. The fraction of sp³-hybridized carbons (Fsp3) is 1.00. The first kappa shape index (κ1) is 18.5. The van der Waals surface area contributed by atoms with E-state index in [1.54, 1.807) is 0 Å². The number of hydrogen-bond donors (Lipinski definition) is 1. The highest BCUT2D eigenvalue weighted by Crippen LogP contribution is 2.23. The van der Waals surface area contributed by atoms with Crippen LogP contribution in [-0.2, 0) is 0 Å². The van der Waals surface area contributed by atoms with Crippen LogP contribution < -0.4 is 0 Å². The Balaban J connectivity index is 0.000000200. The van der Waals surface area contributed by atoms with Gasteiger partial charge < -0.3 is 5.11 Å². The maximum atomic E-state index is 8.91. The molecule has 2 heteroatoms. The number of aliphatic hydroxyl groups is 1. The molecule has 2 saturated carbocycles. The van der Waals surface area contributed by atoms with Crippen LogP contribution in [0.3, 0.4) is 0 Å². The van der Waals surface area contributed by atoms with Crippen molar-refractivity contribution in [3.05, 3.63) is 0 Å². The van der Waals surface area contributed by atoms with E-state index in [9.17, 15) is 0 Å². The highest BCUT2D eigenvalue weighted by Gasteiger charge is 2.09. The van der Waals surface area contributed by atoms with E-state index < -0.39 is 0 Å². The summed E-state index contributed by atoms with van der Waals surface area (Å²) < 4.78 is 0. The molecule has 0 aromatic heterocycles. The fourth-order valence-corrected chi connectivity index (χ4v) is 4.07. The zero-order valence-electron chi connectivity index (χ0n) is 13.3. The maximum absolute atomic E-state index is 8.91. The van der Waals surface area contributed by atoms with Crippen molar-refractivity contribution in [1.29, 1.82) is 0 Å². The van der Waals surface area contributed by atoms with E-state index in [0.29, 0.717) is 12.5 Å². The highest BCUT2D eigenvalue weighted by molar-refractivity contribution is 9.09. The lowest BCUT2D eigenvalue weighted by atomic mass is 9.92. The molecule has 0 radical (unpaired) electrons. The second kappa shape index (κ2) is 13.1.